The molecule has 9 heteroatoms. The Morgan fingerprint density at radius 1 is 0.974 bits per heavy atom. The highest BCUT2D eigenvalue weighted by Gasteiger charge is 2.63. The van der Waals surface area contributed by atoms with E-state index in [0.717, 1.165) is 11.1 Å². The smallest absolute Gasteiger partial charge is 0.317 e. The van der Waals surface area contributed by atoms with E-state index in [1.807, 2.05) is 54.6 Å². The fraction of sp³-hybridized carbons (Fsp3) is 0.167. The van der Waals surface area contributed by atoms with Crippen LogP contribution in [-0.4, -0.2) is 57.4 Å². The molecule has 5 amide bonds. The quantitative estimate of drug-likeness (QED) is 0.402. The number of piperazine rings is 1. The summed E-state index contributed by atoms with van der Waals surface area (Å²) >= 11 is 0. The van der Waals surface area contributed by atoms with Crippen molar-refractivity contribution in [1.82, 2.24) is 14.8 Å². The molecule has 0 radical (unpaired) electrons. The van der Waals surface area contributed by atoms with E-state index >= 15 is 0 Å². The molecule has 0 saturated carbocycles. The number of carbonyl (C=O) groups is 3. The molecular formula is C30H22N6O3. The summed E-state index contributed by atoms with van der Waals surface area (Å²) in [6.45, 7) is 0.350. The van der Waals surface area contributed by atoms with Gasteiger partial charge in [-0.1, -0.05) is 48.5 Å². The zero-order valence-electron chi connectivity index (χ0n) is 20.7. The van der Waals surface area contributed by atoms with Gasteiger partial charge in [0.1, 0.15) is 12.1 Å². The number of urea groups is 2. The number of rotatable bonds is 3. The highest BCUT2D eigenvalue weighted by atomic mass is 16.2. The van der Waals surface area contributed by atoms with Crippen LogP contribution >= 0.6 is 0 Å². The second-order valence-corrected chi connectivity index (χ2v) is 9.90. The number of nitrogens with one attached hydrogen (secondary N) is 1. The second-order valence-electron chi connectivity index (χ2n) is 9.90. The van der Waals surface area contributed by atoms with Crippen LogP contribution in [0.4, 0.5) is 21.0 Å². The van der Waals surface area contributed by atoms with Gasteiger partial charge in [0, 0.05) is 23.7 Å². The Morgan fingerprint density at radius 3 is 2.59 bits per heavy atom. The van der Waals surface area contributed by atoms with Gasteiger partial charge in [0.05, 0.1) is 34.5 Å². The van der Waals surface area contributed by atoms with Gasteiger partial charge in [0.2, 0.25) is 0 Å². The molecule has 4 aromatic rings. The lowest BCUT2D eigenvalue weighted by Gasteiger charge is -2.35. The number of nitrogens with zero attached hydrogens (tertiary/aromatic N) is 5. The topological polar surface area (TPSA) is 110 Å². The third kappa shape index (κ3) is 3.38. The number of imide groups is 1. The highest BCUT2D eigenvalue weighted by Crippen LogP contribution is 2.44. The summed E-state index contributed by atoms with van der Waals surface area (Å²) in [7, 11) is 0. The minimum absolute atomic E-state index is 0.251. The van der Waals surface area contributed by atoms with E-state index in [2.05, 4.69) is 16.4 Å². The number of carbonyl (C=O) groups excluding carboxylic acids is 3. The number of hydrogen-bond acceptors (Lipinski definition) is 5. The maximum atomic E-state index is 13.8. The van der Waals surface area contributed by atoms with Crippen LogP contribution in [-0.2, 0) is 4.79 Å². The number of para-hydroxylation sites is 1. The van der Waals surface area contributed by atoms with Crippen LogP contribution in [0.1, 0.15) is 12.0 Å². The molecule has 3 aliphatic rings. The van der Waals surface area contributed by atoms with Gasteiger partial charge in [0.25, 0.3) is 5.91 Å². The summed E-state index contributed by atoms with van der Waals surface area (Å²) in [5.41, 5.74) is 3.77. The van der Waals surface area contributed by atoms with Crippen LogP contribution in [0.25, 0.3) is 22.0 Å². The summed E-state index contributed by atoms with van der Waals surface area (Å²) in [5, 5.41) is 13.1. The molecule has 0 aliphatic carbocycles. The molecule has 3 aliphatic heterocycles. The van der Waals surface area contributed by atoms with E-state index in [-0.39, 0.29) is 18.0 Å². The number of hydrogen-bond donors (Lipinski definition) is 1. The van der Waals surface area contributed by atoms with Crippen LogP contribution in [0.5, 0.6) is 0 Å². The summed E-state index contributed by atoms with van der Waals surface area (Å²) < 4.78 is 0. The van der Waals surface area contributed by atoms with Crippen molar-refractivity contribution in [2.24, 2.45) is 0 Å². The fourth-order valence-electron chi connectivity index (χ4n) is 6.20. The lowest BCUT2D eigenvalue weighted by molar-refractivity contribution is -0.120. The number of likely N-dealkylation sites (tertiary alicyclic amines) is 1. The van der Waals surface area contributed by atoms with Crippen molar-refractivity contribution in [3.8, 4) is 17.2 Å². The number of fused-ring (bicyclic) bond motifs is 6. The zero-order chi connectivity index (χ0) is 26.7. The minimum atomic E-state index is -0.756. The van der Waals surface area contributed by atoms with Crippen molar-refractivity contribution in [3.63, 3.8) is 0 Å². The molecule has 0 spiro atoms. The van der Waals surface area contributed by atoms with Gasteiger partial charge < -0.3 is 15.1 Å². The van der Waals surface area contributed by atoms with Gasteiger partial charge in [-0.25, -0.2) is 14.5 Å². The van der Waals surface area contributed by atoms with Crippen molar-refractivity contribution in [2.45, 2.75) is 24.5 Å². The van der Waals surface area contributed by atoms with Crippen LogP contribution in [0.15, 0.2) is 85.1 Å². The minimum Gasteiger partial charge on any atom is -0.317 e. The number of nitriles is 1. The van der Waals surface area contributed by atoms with Crippen LogP contribution in [0, 0.1) is 11.3 Å². The average Bonchev–Trinajstić information content (AvgIpc) is 3.64. The molecule has 3 fully saturated rings. The Bertz CT molecular complexity index is 1720. The third-order valence-corrected chi connectivity index (χ3v) is 7.89. The Labute approximate surface area is 223 Å². The number of amides is 5. The predicted molar refractivity (Wildman–Crippen MR) is 145 cm³/mol. The summed E-state index contributed by atoms with van der Waals surface area (Å²) in [6.07, 6.45) is 2.13. The van der Waals surface area contributed by atoms with Crippen molar-refractivity contribution in [1.29, 1.82) is 5.26 Å². The van der Waals surface area contributed by atoms with Gasteiger partial charge in [-0.15, -0.1) is 0 Å². The average molecular weight is 515 g/mol. The van der Waals surface area contributed by atoms with E-state index in [1.54, 1.807) is 40.3 Å². The van der Waals surface area contributed by atoms with E-state index in [4.69, 9.17) is 0 Å². The molecule has 0 unspecified atom stereocenters. The Kier molecular flexibility index (Phi) is 5.10. The second kappa shape index (κ2) is 8.67. The maximum Gasteiger partial charge on any atom is 0.332 e. The van der Waals surface area contributed by atoms with Gasteiger partial charge in [0.15, 0.2) is 0 Å². The normalized spacial score (nSPS) is 21.4. The molecule has 2 bridgehead atoms. The molecule has 39 heavy (non-hydrogen) atoms. The van der Waals surface area contributed by atoms with Crippen molar-refractivity contribution >= 4 is 40.2 Å². The first-order chi connectivity index (χ1) is 19.1. The van der Waals surface area contributed by atoms with Gasteiger partial charge in [-0.3, -0.25) is 9.78 Å². The van der Waals surface area contributed by atoms with Crippen LogP contribution in [0.3, 0.4) is 0 Å². The molecule has 4 heterocycles. The lowest BCUT2D eigenvalue weighted by atomic mass is 10.0. The number of aromatic nitrogens is 1. The van der Waals surface area contributed by atoms with Crippen molar-refractivity contribution < 1.29 is 14.4 Å². The highest BCUT2D eigenvalue weighted by molar-refractivity contribution is 6.25. The van der Waals surface area contributed by atoms with E-state index in [0.29, 0.717) is 40.8 Å². The summed E-state index contributed by atoms with van der Waals surface area (Å²) in [6, 6.07) is 24.1. The number of benzene rings is 3. The van der Waals surface area contributed by atoms with Crippen LogP contribution in [0.2, 0.25) is 0 Å². The number of anilines is 2. The summed E-state index contributed by atoms with van der Waals surface area (Å²) in [5.74, 6) is -0.371. The van der Waals surface area contributed by atoms with Gasteiger partial charge in [-0.05, 0) is 42.3 Å². The van der Waals surface area contributed by atoms with Crippen LogP contribution < -0.4 is 10.2 Å². The molecule has 3 atom stereocenters. The zero-order valence-corrected chi connectivity index (χ0v) is 20.7. The molecule has 3 aromatic carbocycles. The SMILES string of the molecule is N#Cc1ccc(N2C(=O)[C@@H]3[C@@H]4C[C@@H](CN4C(=O)Nc4ccccc4-c4ccccc4)N3C2=O)c2cccnc12. The molecule has 7 rings (SSSR count). The van der Waals surface area contributed by atoms with Crippen molar-refractivity contribution in [3.05, 3.63) is 90.6 Å². The Morgan fingerprint density at radius 2 is 1.77 bits per heavy atom. The molecule has 190 valence electrons. The van der Waals surface area contributed by atoms with E-state index in [1.165, 1.54) is 4.90 Å². The van der Waals surface area contributed by atoms with Gasteiger partial charge >= 0.3 is 12.1 Å². The molecule has 1 N–H and O–H groups in total. The molecule has 1 aromatic heterocycles. The first-order valence-corrected chi connectivity index (χ1v) is 12.7. The van der Waals surface area contributed by atoms with E-state index in [9.17, 15) is 19.6 Å². The lowest BCUT2D eigenvalue weighted by Crippen LogP contribution is -2.55. The maximum absolute atomic E-state index is 13.8. The Hall–Kier alpha value is -5.23. The Balaban J connectivity index is 1.18. The fourth-order valence-corrected chi connectivity index (χ4v) is 6.20. The standard InChI is InChI=1S/C30H22N6O3/c31-16-19-12-13-24(22-10-6-14-32-26(19)22)36-28(37)27-25-15-20(35(27)30(36)39)17-34(25)29(38)33-23-11-5-4-9-21(23)18-7-2-1-3-8-18/h1-14,20,25,27H,15,17H2,(H,33,38)/t20-,25-,27-/m0/s1. The van der Waals surface area contributed by atoms with E-state index < -0.39 is 18.1 Å². The monoisotopic (exact) mass is 514 g/mol. The third-order valence-electron chi connectivity index (χ3n) is 7.89. The summed E-state index contributed by atoms with van der Waals surface area (Å²) in [4.78, 5) is 49.7. The van der Waals surface area contributed by atoms with Gasteiger partial charge in [-0.2, -0.15) is 5.26 Å². The molecule has 3 saturated heterocycles. The number of pyridine rings is 1. The predicted octanol–water partition coefficient (Wildman–Crippen LogP) is 4.60. The van der Waals surface area contributed by atoms with Crippen molar-refractivity contribution in [2.75, 3.05) is 16.8 Å². The largest absolute Gasteiger partial charge is 0.332 e. The first kappa shape index (κ1) is 22.9. The molecule has 9 nitrogen and oxygen atoms in total. The molecular weight excluding hydrogens is 492 g/mol. The first-order valence-electron chi connectivity index (χ1n) is 12.7.